The number of hydrogen-bond acceptors (Lipinski definition) is 6. The van der Waals surface area contributed by atoms with Gasteiger partial charge in [-0.1, -0.05) is 25.2 Å². The van der Waals surface area contributed by atoms with Crippen LogP contribution in [0.5, 0.6) is 0 Å². The Morgan fingerprint density at radius 3 is 2.14 bits per heavy atom. The molecule has 2 aliphatic carbocycles. The van der Waals surface area contributed by atoms with Gasteiger partial charge in [-0.2, -0.15) is 0 Å². The fraction of sp³-hybridized carbons (Fsp3) is 0.762. The Kier molecular flexibility index (Phi) is 10.4. The number of anilines is 1. The third-order valence-electron chi connectivity index (χ3n) is 5.98. The zero-order valence-electron chi connectivity index (χ0n) is 17.8. The van der Waals surface area contributed by atoms with Crippen molar-refractivity contribution in [1.82, 2.24) is 9.88 Å². The summed E-state index contributed by atoms with van der Waals surface area (Å²) < 4.78 is 0.960. The molecular weight excluding hydrogens is 406 g/mol. The molecule has 29 heavy (non-hydrogen) atoms. The lowest BCUT2D eigenvalue weighted by Gasteiger charge is -2.43. The first kappa shape index (κ1) is 24.2. The number of rotatable bonds is 6. The first-order valence-electron chi connectivity index (χ1n) is 10.6. The number of nitrogens with zero attached hydrogens (tertiary/aromatic N) is 2. The van der Waals surface area contributed by atoms with Crippen molar-refractivity contribution in [2.45, 2.75) is 81.5 Å². The number of hydrogen-bond donors (Lipinski definition) is 2. The van der Waals surface area contributed by atoms with Crippen LogP contribution in [0.3, 0.4) is 0 Å². The summed E-state index contributed by atoms with van der Waals surface area (Å²) in [6.07, 6.45) is 11.9. The van der Waals surface area contributed by atoms with Crippen molar-refractivity contribution in [2.75, 3.05) is 18.2 Å². The highest BCUT2D eigenvalue weighted by molar-refractivity contribution is 8.01. The quantitative estimate of drug-likeness (QED) is 0.478. The van der Waals surface area contributed by atoms with E-state index < -0.39 is 0 Å². The summed E-state index contributed by atoms with van der Waals surface area (Å²) in [7, 11) is 1.00. The molecule has 0 unspecified atom stereocenters. The standard InChI is InChI=1S/C20H31N3O2S2.CH4O/c1-14-3-7-16(8-4-14)23(17-9-5-15(2)6-10-17)20(25)22-19-21-13-18(27-19)26-12-11-24;1-2/h11,13-17H,3-10,12H2,1-2H3,(H,21,22,25);2H,1H3. The fourth-order valence-corrected chi connectivity index (χ4v) is 5.90. The highest BCUT2D eigenvalue weighted by Crippen LogP contribution is 2.35. The molecule has 2 aliphatic rings. The average Bonchev–Trinajstić information content (AvgIpc) is 3.18. The van der Waals surface area contributed by atoms with Crippen LogP contribution < -0.4 is 5.32 Å². The molecule has 2 N–H and O–H groups in total. The molecular formula is C21H35N3O3S2. The van der Waals surface area contributed by atoms with Gasteiger partial charge in [0.05, 0.1) is 16.2 Å². The third-order valence-corrected chi connectivity index (χ3v) is 7.99. The molecule has 0 saturated heterocycles. The molecule has 8 heteroatoms. The number of amides is 2. The molecule has 2 saturated carbocycles. The van der Waals surface area contributed by atoms with Gasteiger partial charge in [0.15, 0.2) is 5.13 Å². The minimum Gasteiger partial charge on any atom is -0.400 e. The maximum Gasteiger partial charge on any atom is 0.324 e. The van der Waals surface area contributed by atoms with Crippen LogP contribution in [0.1, 0.15) is 65.2 Å². The van der Waals surface area contributed by atoms with Crippen molar-refractivity contribution < 1.29 is 14.7 Å². The van der Waals surface area contributed by atoms with Gasteiger partial charge < -0.3 is 14.8 Å². The Labute approximate surface area is 182 Å². The zero-order chi connectivity index (χ0) is 21.2. The number of thioether (sulfide) groups is 1. The normalized spacial score (nSPS) is 26.8. The van der Waals surface area contributed by atoms with Gasteiger partial charge in [-0.25, -0.2) is 9.78 Å². The molecule has 6 nitrogen and oxygen atoms in total. The van der Waals surface area contributed by atoms with Crippen molar-refractivity contribution in [1.29, 1.82) is 0 Å². The zero-order valence-corrected chi connectivity index (χ0v) is 19.4. The highest BCUT2D eigenvalue weighted by atomic mass is 32.2. The largest absolute Gasteiger partial charge is 0.400 e. The van der Waals surface area contributed by atoms with Crippen molar-refractivity contribution in [3.63, 3.8) is 0 Å². The van der Waals surface area contributed by atoms with E-state index in [1.807, 2.05) is 0 Å². The molecule has 0 bridgehead atoms. The SMILES string of the molecule is CC1CCC(N(C(=O)Nc2ncc(SCC=O)s2)C2CCC(C)CC2)CC1.CO. The minimum atomic E-state index is 0.00962. The Hall–Kier alpha value is -1.12. The van der Waals surface area contributed by atoms with Crippen molar-refractivity contribution in [3.05, 3.63) is 6.20 Å². The summed E-state index contributed by atoms with van der Waals surface area (Å²) in [6.45, 7) is 4.63. The van der Waals surface area contributed by atoms with Crippen LogP contribution in [0.25, 0.3) is 0 Å². The molecule has 0 spiro atoms. The van der Waals surface area contributed by atoms with Gasteiger partial charge in [0, 0.05) is 19.2 Å². The summed E-state index contributed by atoms with van der Waals surface area (Å²) >= 11 is 2.90. The second-order valence-corrected chi connectivity index (χ2v) is 10.5. The summed E-state index contributed by atoms with van der Waals surface area (Å²) in [5.74, 6) is 1.96. The predicted molar refractivity (Wildman–Crippen MR) is 121 cm³/mol. The molecule has 1 heterocycles. The Balaban J connectivity index is 0.00000145. The summed E-state index contributed by atoms with van der Waals surface area (Å²) in [5, 5.41) is 10.7. The van der Waals surface area contributed by atoms with E-state index >= 15 is 0 Å². The lowest BCUT2D eigenvalue weighted by atomic mass is 9.82. The molecule has 1 aromatic heterocycles. The number of urea groups is 1. The topological polar surface area (TPSA) is 82.5 Å². The van der Waals surface area contributed by atoms with E-state index in [2.05, 4.69) is 29.0 Å². The Morgan fingerprint density at radius 2 is 1.66 bits per heavy atom. The van der Waals surface area contributed by atoms with Crippen LogP contribution in [-0.4, -0.2) is 52.3 Å². The van der Waals surface area contributed by atoms with Gasteiger partial charge >= 0.3 is 6.03 Å². The van der Waals surface area contributed by atoms with Crippen molar-refractivity contribution in [2.24, 2.45) is 11.8 Å². The molecule has 1 aromatic rings. The molecule has 0 aromatic carbocycles. The van der Waals surface area contributed by atoms with Crippen LogP contribution in [-0.2, 0) is 4.79 Å². The van der Waals surface area contributed by atoms with E-state index in [9.17, 15) is 9.59 Å². The molecule has 0 radical (unpaired) electrons. The molecule has 3 rings (SSSR count). The number of nitrogens with one attached hydrogen (secondary N) is 1. The van der Waals surface area contributed by atoms with Gasteiger partial charge in [0.25, 0.3) is 0 Å². The molecule has 164 valence electrons. The average molecular weight is 442 g/mol. The van der Waals surface area contributed by atoms with E-state index in [4.69, 9.17) is 5.11 Å². The van der Waals surface area contributed by atoms with Gasteiger partial charge in [-0.3, -0.25) is 5.32 Å². The monoisotopic (exact) mass is 441 g/mol. The smallest absolute Gasteiger partial charge is 0.324 e. The molecule has 2 fully saturated rings. The van der Waals surface area contributed by atoms with Crippen LogP contribution in [0, 0.1) is 11.8 Å². The van der Waals surface area contributed by atoms with Crippen LogP contribution in [0.15, 0.2) is 10.4 Å². The van der Waals surface area contributed by atoms with Gasteiger partial charge in [0.2, 0.25) is 0 Å². The van der Waals surface area contributed by atoms with E-state index in [-0.39, 0.29) is 6.03 Å². The predicted octanol–water partition coefficient (Wildman–Crippen LogP) is 5.03. The first-order chi connectivity index (χ1) is 14.1. The lowest BCUT2D eigenvalue weighted by molar-refractivity contribution is -0.105. The van der Waals surface area contributed by atoms with Gasteiger partial charge in [-0.15, -0.1) is 11.8 Å². The van der Waals surface area contributed by atoms with Gasteiger partial charge in [-0.05, 0) is 63.2 Å². The maximum atomic E-state index is 13.2. The van der Waals surface area contributed by atoms with E-state index in [1.54, 1.807) is 6.20 Å². The number of carbonyl (C=O) groups is 2. The highest BCUT2D eigenvalue weighted by Gasteiger charge is 2.34. The second-order valence-electron chi connectivity index (χ2n) is 8.13. The molecule has 0 aliphatic heterocycles. The number of carbonyl (C=O) groups excluding carboxylic acids is 2. The summed E-state index contributed by atoms with van der Waals surface area (Å²) in [5.41, 5.74) is 0. The van der Waals surface area contributed by atoms with E-state index in [0.717, 1.165) is 55.1 Å². The van der Waals surface area contributed by atoms with Gasteiger partial charge in [0.1, 0.15) is 6.29 Å². The molecule has 2 amide bonds. The Morgan fingerprint density at radius 1 is 1.14 bits per heavy atom. The maximum absolute atomic E-state index is 13.2. The van der Waals surface area contributed by atoms with E-state index in [0.29, 0.717) is 23.0 Å². The van der Waals surface area contributed by atoms with Crippen molar-refractivity contribution >= 4 is 40.5 Å². The minimum absolute atomic E-state index is 0.00962. The van der Waals surface area contributed by atoms with Crippen LogP contribution in [0.2, 0.25) is 0 Å². The number of aliphatic hydroxyl groups excluding tert-OH is 1. The number of aldehydes is 1. The second kappa shape index (κ2) is 12.5. The fourth-order valence-electron chi connectivity index (χ4n) is 4.33. The van der Waals surface area contributed by atoms with E-state index in [1.165, 1.54) is 48.8 Å². The van der Waals surface area contributed by atoms with Crippen LogP contribution >= 0.6 is 23.1 Å². The van der Waals surface area contributed by atoms with Crippen LogP contribution in [0.4, 0.5) is 9.93 Å². The summed E-state index contributed by atoms with van der Waals surface area (Å²) in [4.78, 5) is 30.2. The number of thiazole rings is 1. The number of aromatic nitrogens is 1. The summed E-state index contributed by atoms with van der Waals surface area (Å²) in [6, 6.07) is 0.711. The Bertz CT molecular complexity index is 602. The third kappa shape index (κ3) is 7.26. The molecule has 0 atom stereocenters. The van der Waals surface area contributed by atoms with Crippen molar-refractivity contribution in [3.8, 4) is 0 Å². The lowest BCUT2D eigenvalue weighted by Crippen LogP contribution is -2.51. The number of aliphatic hydroxyl groups is 1. The first-order valence-corrected chi connectivity index (χ1v) is 12.4.